The van der Waals surface area contributed by atoms with Crippen LogP contribution in [0.25, 0.3) is 0 Å². The van der Waals surface area contributed by atoms with Gasteiger partial charge >= 0.3 is 0 Å². The van der Waals surface area contributed by atoms with Crippen molar-refractivity contribution >= 4 is 15.8 Å². The molecule has 0 aromatic heterocycles. The van der Waals surface area contributed by atoms with E-state index in [2.05, 4.69) is 11.9 Å². The van der Waals surface area contributed by atoms with E-state index in [9.17, 15) is 18.1 Å². The van der Waals surface area contributed by atoms with Crippen LogP contribution in [0.3, 0.4) is 0 Å². The van der Waals surface area contributed by atoms with Crippen molar-refractivity contribution in [2.24, 2.45) is 0 Å². The number of hydrogen-bond acceptors (Lipinski definition) is 6. The molecule has 3 unspecified atom stereocenters. The Hall–Kier alpha value is -1.61. The second-order valence-corrected chi connectivity index (χ2v) is 7.14. The third kappa shape index (κ3) is 2.48. The molecule has 0 radical (unpaired) electrons. The molecule has 0 aliphatic carbocycles. The molecule has 1 fully saturated rings. The predicted molar refractivity (Wildman–Crippen MR) is 81.2 cm³/mol. The number of hydrogen-bond donors (Lipinski definition) is 3. The number of benzene rings is 1. The monoisotopic (exact) mass is 326 g/mol. The maximum Gasteiger partial charge on any atom is 0.287 e. The molecule has 1 saturated heterocycles. The highest BCUT2D eigenvalue weighted by atomic mass is 32.2. The van der Waals surface area contributed by atoms with Crippen LogP contribution < -0.4 is 10.1 Å². The number of nitrogens with zero attached hydrogens (tertiary/aromatic N) is 1. The number of rotatable bonds is 2. The maximum atomic E-state index is 11.8. The van der Waals surface area contributed by atoms with Crippen LogP contribution in [-0.4, -0.2) is 48.0 Å². The van der Waals surface area contributed by atoms with Crippen LogP contribution >= 0.6 is 0 Å². The molecule has 3 atom stereocenters. The van der Waals surface area contributed by atoms with Gasteiger partial charge in [0.15, 0.2) is 5.37 Å². The van der Waals surface area contributed by atoms with Crippen LogP contribution in [0.4, 0.5) is 5.69 Å². The number of ether oxygens (including phenoxy) is 1. The summed E-state index contributed by atoms with van der Waals surface area (Å²) in [6.45, 7) is 4.24. The smallest absolute Gasteiger partial charge is 0.287 e. The second-order valence-electron chi connectivity index (χ2n) is 5.60. The van der Waals surface area contributed by atoms with E-state index in [1.165, 1.54) is 7.11 Å². The van der Waals surface area contributed by atoms with Gasteiger partial charge in [0, 0.05) is 17.8 Å². The van der Waals surface area contributed by atoms with Crippen LogP contribution in [0.15, 0.2) is 30.4 Å². The summed E-state index contributed by atoms with van der Waals surface area (Å²) in [7, 11) is -2.83. The molecule has 8 heteroatoms. The van der Waals surface area contributed by atoms with Gasteiger partial charge in [0.2, 0.25) is 0 Å². The minimum atomic E-state index is -4.34. The van der Waals surface area contributed by atoms with Gasteiger partial charge in [-0.15, -0.1) is 0 Å². The fraction of sp³-hybridized carbons (Fsp3) is 0.429. The van der Waals surface area contributed by atoms with Crippen molar-refractivity contribution in [2.45, 2.75) is 24.1 Å². The predicted octanol–water partition coefficient (Wildman–Crippen LogP) is 0.956. The van der Waals surface area contributed by atoms with E-state index >= 15 is 0 Å². The van der Waals surface area contributed by atoms with E-state index in [4.69, 9.17) is 4.74 Å². The van der Waals surface area contributed by atoms with Crippen molar-refractivity contribution in [1.82, 2.24) is 4.90 Å². The first-order valence-electron chi connectivity index (χ1n) is 6.82. The molecule has 120 valence electrons. The molecule has 1 aromatic carbocycles. The first kappa shape index (κ1) is 15.3. The van der Waals surface area contributed by atoms with E-state index < -0.39 is 27.8 Å². The van der Waals surface area contributed by atoms with Crippen molar-refractivity contribution in [3.63, 3.8) is 0 Å². The van der Waals surface area contributed by atoms with E-state index in [-0.39, 0.29) is 0 Å². The average molecular weight is 326 g/mol. The zero-order chi connectivity index (χ0) is 16.1. The molecule has 3 rings (SSSR count). The normalized spacial score (nSPS) is 28.5. The van der Waals surface area contributed by atoms with E-state index in [1.807, 2.05) is 0 Å². The Balaban J connectivity index is 2.13. The molecule has 3 N–H and O–H groups in total. The highest BCUT2D eigenvalue weighted by Gasteiger charge is 2.45. The lowest BCUT2D eigenvalue weighted by atomic mass is 10.1. The largest absolute Gasteiger partial charge is 0.497 e. The van der Waals surface area contributed by atoms with Crippen LogP contribution in [0.1, 0.15) is 18.2 Å². The fourth-order valence-electron chi connectivity index (χ4n) is 3.12. The number of nitrogens with one attached hydrogen (secondary N) is 1. The van der Waals surface area contributed by atoms with Crippen LogP contribution in [0.2, 0.25) is 0 Å². The molecular formula is C14H18N2O5S. The first-order chi connectivity index (χ1) is 10.3. The zero-order valence-corrected chi connectivity index (χ0v) is 12.9. The van der Waals surface area contributed by atoms with Gasteiger partial charge < -0.3 is 15.2 Å². The number of anilines is 1. The summed E-state index contributed by atoms with van der Waals surface area (Å²) >= 11 is 0. The molecule has 7 nitrogen and oxygen atoms in total. The minimum Gasteiger partial charge on any atom is -0.497 e. The van der Waals surface area contributed by atoms with E-state index in [0.717, 1.165) is 5.57 Å². The third-order valence-corrected chi connectivity index (χ3v) is 5.22. The summed E-state index contributed by atoms with van der Waals surface area (Å²) in [6, 6.07) is 4.36. The SMILES string of the molecule is C=C1CC2C(S(=O)(=O)O)Nc3ccc(OC)cc3C(O)N2C1. The quantitative estimate of drug-likeness (QED) is 0.550. The van der Waals surface area contributed by atoms with Gasteiger partial charge in [0.1, 0.15) is 12.0 Å². The average Bonchev–Trinajstić information content (AvgIpc) is 2.79. The summed E-state index contributed by atoms with van der Waals surface area (Å²) < 4.78 is 38.2. The molecule has 22 heavy (non-hydrogen) atoms. The molecule has 1 aromatic rings. The summed E-state index contributed by atoms with van der Waals surface area (Å²) in [5.41, 5.74) is 1.77. The fourth-order valence-corrected chi connectivity index (χ4v) is 4.04. The Morgan fingerprint density at radius 2 is 2.18 bits per heavy atom. The van der Waals surface area contributed by atoms with Gasteiger partial charge in [-0.3, -0.25) is 9.45 Å². The number of fused-ring (bicyclic) bond motifs is 2. The van der Waals surface area contributed by atoms with Crippen molar-refractivity contribution in [3.05, 3.63) is 35.9 Å². The zero-order valence-electron chi connectivity index (χ0n) is 12.1. The molecule has 0 amide bonds. The molecular weight excluding hydrogens is 308 g/mol. The molecule has 0 spiro atoms. The van der Waals surface area contributed by atoms with E-state index in [0.29, 0.717) is 30.0 Å². The van der Waals surface area contributed by atoms with Crippen LogP contribution in [-0.2, 0) is 10.1 Å². The van der Waals surface area contributed by atoms with Crippen LogP contribution in [0.5, 0.6) is 5.75 Å². The number of aliphatic hydroxyl groups excluding tert-OH is 1. The third-order valence-electron chi connectivity index (χ3n) is 4.15. The molecule has 0 saturated carbocycles. The summed E-state index contributed by atoms with van der Waals surface area (Å²) in [6.07, 6.45) is -0.617. The molecule has 2 heterocycles. The van der Waals surface area contributed by atoms with Gasteiger partial charge in [0.05, 0.1) is 13.2 Å². The van der Waals surface area contributed by atoms with E-state index in [1.54, 1.807) is 23.1 Å². The minimum absolute atomic E-state index is 0.371. The van der Waals surface area contributed by atoms with Crippen LogP contribution in [0, 0.1) is 0 Å². The lowest BCUT2D eigenvalue weighted by Gasteiger charge is -2.29. The Bertz CT molecular complexity index is 718. The lowest BCUT2D eigenvalue weighted by molar-refractivity contribution is -0.00244. The first-order valence-corrected chi connectivity index (χ1v) is 8.33. The number of aliphatic hydroxyl groups is 1. The lowest BCUT2D eigenvalue weighted by Crippen LogP contribution is -2.46. The highest BCUT2D eigenvalue weighted by Crippen LogP contribution is 2.40. The molecule has 0 bridgehead atoms. The van der Waals surface area contributed by atoms with Crippen molar-refractivity contribution in [3.8, 4) is 5.75 Å². The van der Waals surface area contributed by atoms with Gasteiger partial charge in [-0.1, -0.05) is 12.2 Å². The second kappa shape index (κ2) is 5.24. The Kier molecular flexibility index (Phi) is 3.64. The summed E-state index contributed by atoms with van der Waals surface area (Å²) in [5.74, 6) is 0.555. The van der Waals surface area contributed by atoms with Crippen molar-refractivity contribution in [2.75, 3.05) is 19.0 Å². The van der Waals surface area contributed by atoms with Gasteiger partial charge in [-0.05, 0) is 24.6 Å². The van der Waals surface area contributed by atoms with Gasteiger partial charge in [-0.2, -0.15) is 8.42 Å². The molecule has 2 aliphatic heterocycles. The summed E-state index contributed by atoms with van der Waals surface area (Å²) in [5, 5.41) is 12.3. The van der Waals surface area contributed by atoms with Crippen molar-refractivity contribution < 1.29 is 22.8 Å². The number of methoxy groups -OCH3 is 1. The van der Waals surface area contributed by atoms with Gasteiger partial charge in [0.25, 0.3) is 10.1 Å². The standard InChI is InChI=1S/C14H18N2O5S/c1-8-5-12-13(22(18,19)20)15-11-4-3-9(21-2)6-10(11)14(17)16(12)7-8/h3-4,6,12-15,17H,1,5,7H2,2H3,(H,18,19,20). The molecule has 2 aliphatic rings. The summed E-state index contributed by atoms with van der Waals surface area (Å²) in [4.78, 5) is 1.62. The Morgan fingerprint density at radius 3 is 2.82 bits per heavy atom. The van der Waals surface area contributed by atoms with Gasteiger partial charge in [-0.25, -0.2) is 0 Å². The topological polar surface area (TPSA) is 99.1 Å². The Labute approximate surface area is 128 Å². The van der Waals surface area contributed by atoms with Crippen molar-refractivity contribution in [1.29, 1.82) is 0 Å². The highest BCUT2D eigenvalue weighted by molar-refractivity contribution is 7.86. The Morgan fingerprint density at radius 1 is 1.45 bits per heavy atom. The maximum absolute atomic E-state index is 11.8.